The highest BCUT2D eigenvalue weighted by atomic mass is 35.5. The molecule has 7 nitrogen and oxygen atoms in total. The van der Waals surface area contributed by atoms with Gasteiger partial charge < -0.3 is 24.7 Å². The van der Waals surface area contributed by atoms with Crippen LogP contribution in [0.15, 0.2) is 42.5 Å². The van der Waals surface area contributed by atoms with Crippen molar-refractivity contribution in [2.45, 2.75) is 25.4 Å². The Labute approximate surface area is 184 Å². The molecule has 0 saturated heterocycles. The van der Waals surface area contributed by atoms with Gasteiger partial charge in [-0.3, -0.25) is 9.59 Å². The summed E-state index contributed by atoms with van der Waals surface area (Å²) in [6.45, 7) is 2.50. The highest BCUT2D eigenvalue weighted by molar-refractivity contribution is 6.27. The van der Waals surface area contributed by atoms with Gasteiger partial charge in [0.1, 0.15) is 11.9 Å². The number of H-pyrrole nitrogens is 1. The van der Waals surface area contributed by atoms with Crippen molar-refractivity contribution in [3.63, 3.8) is 0 Å². The van der Waals surface area contributed by atoms with Gasteiger partial charge in [-0.05, 0) is 36.2 Å². The van der Waals surface area contributed by atoms with Crippen LogP contribution in [0, 0.1) is 0 Å². The molecule has 0 fully saturated rings. The second kappa shape index (κ2) is 7.81. The van der Waals surface area contributed by atoms with Crippen molar-refractivity contribution in [1.82, 2.24) is 15.2 Å². The Morgan fingerprint density at radius 3 is 2.81 bits per heavy atom. The summed E-state index contributed by atoms with van der Waals surface area (Å²) in [6.07, 6.45) is 0.412. The number of hydrogen-bond donors (Lipinski definition) is 2. The second-order valence-corrected chi connectivity index (χ2v) is 7.89. The molecule has 2 aliphatic rings. The van der Waals surface area contributed by atoms with Crippen molar-refractivity contribution >= 4 is 34.3 Å². The Kier molecular flexibility index (Phi) is 4.98. The van der Waals surface area contributed by atoms with E-state index in [0.29, 0.717) is 24.5 Å². The molecule has 8 heteroatoms. The van der Waals surface area contributed by atoms with E-state index in [9.17, 15) is 9.59 Å². The first-order valence-electron chi connectivity index (χ1n) is 10.3. The van der Waals surface area contributed by atoms with Gasteiger partial charge in [0.2, 0.25) is 18.6 Å². The van der Waals surface area contributed by atoms with Gasteiger partial charge in [-0.25, -0.2) is 0 Å². The summed E-state index contributed by atoms with van der Waals surface area (Å²) in [5.74, 6) is 0.569. The number of benzene rings is 2. The zero-order valence-electron chi connectivity index (χ0n) is 17.0. The summed E-state index contributed by atoms with van der Waals surface area (Å²) < 4.78 is 11.0. The number of nitrogens with zero attached hydrogens (tertiary/aromatic N) is 1. The predicted molar refractivity (Wildman–Crippen MR) is 116 cm³/mol. The Balaban J connectivity index is 1.73. The average Bonchev–Trinajstić information content (AvgIpc) is 3.41. The Hall–Kier alpha value is -3.19. The van der Waals surface area contributed by atoms with E-state index in [2.05, 4.69) is 10.3 Å². The highest BCUT2D eigenvalue weighted by Crippen LogP contribution is 2.43. The molecule has 31 heavy (non-hydrogen) atoms. The van der Waals surface area contributed by atoms with Crippen LogP contribution >= 0.6 is 11.6 Å². The quantitative estimate of drug-likeness (QED) is 0.612. The van der Waals surface area contributed by atoms with Crippen molar-refractivity contribution in [3.05, 3.63) is 59.3 Å². The molecule has 2 aromatic carbocycles. The summed E-state index contributed by atoms with van der Waals surface area (Å²) >= 11 is 6.01. The lowest BCUT2D eigenvalue weighted by Gasteiger charge is -2.41. The number of carbonyl (C=O) groups excluding carboxylic acids is 2. The number of carbonyl (C=O) groups is 2. The van der Waals surface area contributed by atoms with Gasteiger partial charge in [0.15, 0.2) is 11.5 Å². The maximum atomic E-state index is 13.1. The van der Waals surface area contributed by atoms with E-state index in [-0.39, 0.29) is 24.5 Å². The van der Waals surface area contributed by atoms with Gasteiger partial charge in [-0.2, -0.15) is 0 Å². The first-order valence-corrected chi connectivity index (χ1v) is 10.8. The number of fused-ring (bicyclic) bond motifs is 4. The number of alkyl halides is 1. The molecule has 2 atom stereocenters. The molecule has 0 bridgehead atoms. The normalized spacial score (nSPS) is 19.4. The molecule has 0 spiro atoms. The van der Waals surface area contributed by atoms with E-state index >= 15 is 0 Å². The Bertz CT molecular complexity index is 1170. The van der Waals surface area contributed by atoms with Gasteiger partial charge in [0.25, 0.3) is 0 Å². The minimum Gasteiger partial charge on any atom is -0.454 e. The van der Waals surface area contributed by atoms with Crippen molar-refractivity contribution in [3.8, 4) is 11.5 Å². The third-order valence-electron chi connectivity index (χ3n) is 5.90. The van der Waals surface area contributed by atoms with Gasteiger partial charge >= 0.3 is 0 Å². The lowest BCUT2D eigenvalue weighted by Crippen LogP contribution is -2.55. The fourth-order valence-electron chi connectivity index (χ4n) is 4.59. The van der Waals surface area contributed by atoms with Crippen LogP contribution < -0.4 is 14.8 Å². The molecule has 0 unspecified atom stereocenters. The molecule has 0 radical (unpaired) electrons. The largest absolute Gasteiger partial charge is 0.454 e. The molecule has 2 amide bonds. The number of para-hydroxylation sites is 1. The standard InChI is InChI=1S/C23H22ClN3O4/c1-2-25-23(29)17-10-15-14-5-3-4-6-16(14)26-21(15)22(27(17)20(28)11-24)13-7-8-18-19(9-13)31-12-30-18/h3-9,17,22,26H,2,10-12H2,1H3,(H,25,29)/t17-,22-/m1/s1. The number of nitrogens with one attached hydrogen (secondary N) is 2. The number of hydrogen-bond acceptors (Lipinski definition) is 4. The minimum atomic E-state index is -0.673. The monoisotopic (exact) mass is 439 g/mol. The van der Waals surface area contributed by atoms with Crippen molar-refractivity contribution < 1.29 is 19.1 Å². The van der Waals surface area contributed by atoms with Crippen LogP contribution in [-0.4, -0.2) is 47.0 Å². The van der Waals surface area contributed by atoms with Crippen LogP contribution in [0.4, 0.5) is 0 Å². The number of amides is 2. The van der Waals surface area contributed by atoms with Crippen molar-refractivity contribution in [2.75, 3.05) is 19.2 Å². The smallest absolute Gasteiger partial charge is 0.243 e. The molecule has 2 N–H and O–H groups in total. The van der Waals surface area contributed by atoms with Gasteiger partial charge in [-0.15, -0.1) is 11.6 Å². The minimum absolute atomic E-state index is 0.160. The van der Waals surface area contributed by atoms with Crippen LogP contribution in [0.5, 0.6) is 11.5 Å². The SMILES string of the molecule is CCNC(=O)[C@H]1Cc2c([nH]c3ccccc23)[C@@H](c2ccc3c(c2)OCO3)N1C(=O)CCl. The fraction of sp³-hybridized carbons (Fsp3) is 0.304. The van der Waals surface area contributed by atoms with Gasteiger partial charge in [-0.1, -0.05) is 24.3 Å². The van der Waals surface area contributed by atoms with E-state index in [1.54, 1.807) is 4.90 Å². The van der Waals surface area contributed by atoms with E-state index in [0.717, 1.165) is 27.7 Å². The molecular weight excluding hydrogens is 418 g/mol. The van der Waals surface area contributed by atoms with E-state index in [1.165, 1.54) is 0 Å². The fourth-order valence-corrected chi connectivity index (χ4v) is 4.73. The zero-order chi connectivity index (χ0) is 21.5. The molecule has 2 aliphatic heterocycles. The van der Waals surface area contributed by atoms with Gasteiger partial charge in [0.05, 0.1) is 6.04 Å². The number of aromatic amines is 1. The van der Waals surface area contributed by atoms with E-state index < -0.39 is 12.1 Å². The summed E-state index contributed by atoms with van der Waals surface area (Å²) in [5.41, 5.74) is 3.71. The number of aromatic nitrogens is 1. The number of likely N-dealkylation sites (N-methyl/N-ethyl adjacent to an activating group) is 1. The molecule has 1 aromatic heterocycles. The number of rotatable bonds is 4. The Morgan fingerprint density at radius 2 is 2.00 bits per heavy atom. The van der Waals surface area contributed by atoms with Crippen LogP contribution in [0.1, 0.15) is 29.8 Å². The first-order chi connectivity index (χ1) is 15.1. The molecule has 5 rings (SSSR count). The molecule has 3 aromatic rings. The third kappa shape index (κ3) is 3.20. The van der Waals surface area contributed by atoms with Crippen LogP contribution in [-0.2, 0) is 16.0 Å². The summed E-state index contributed by atoms with van der Waals surface area (Å²) in [7, 11) is 0. The number of halogens is 1. The topological polar surface area (TPSA) is 83.7 Å². The highest BCUT2D eigenvalue weighted by Gasteiger charge is 2.43. The lowest BCUT2D eigenvalue weighted by molar-refractivity contribution is -0.141. The first kappa shape index (κ1) is 19.8. The Morgan fingerprint density at radius 1 is 1.19 bits per heavy atom. The van der Waals surface area contributed by atoms with E-state index in [1.807, 2.05) is 49.4 Å². The maximum absolute atomic E-state index is 13.1. The third-order valence-corrected chi connectivity index (χ3v) is 6.13. The molecule has 3 heterocycles. The van der Waals surface area contributed by atoms with Gasteiger partial charge in [0, 0.05) is 29.6 Å². The average molecular weight is 440 g/mol. The molecule has 0 aliphatic carbocycles. The molecule has 160 valence electrons. The lowest BCUT2D eigenvalue weighted by atomic mass is 9.87. The predicted octanol–water partition coefficient (Wildman–Crippen LogP) is 3.11. The number of ether oxygens (including phenoxy) is 2. The molecular formula is C23H22ClN3O4. The summed E-state index contributed by atoms with van der Waals surface area (Å²) in [5, 5.41) is 3.93. The summed E-state index contributed by atoms with van der Waals surface area (Å²) in [4.78, 5) is 31.2. The van der Waals surface area contributed by atoms with Crippen molar-refractivity contribution in [1.29, 1.82) is 0 Å². The van der Waals surface area contributed by atoms with Crippen LogP contribution in [0.25, 0.3) is 10.9 Å². The van der Waals surface area contributed by atoms with Crippen molar-refractivity contribution in [2.24, 2.45) is 0 Å². The van der Waals surface area contributed by atoms with Crippen LogP contribution in [0.3, 0.4) is 0 Å². The second-order valence-electron chi connectivity index (χ2n) is 7.63. The maximum Gasteiger partial charge on any atom is 0.243 e. The zero-order valence-corrected chi connectivity index (χ0v) is 17.7. The molecule has 0 saturated carbocycles. The van der Waals surface area contributed by atoms with Crippen LogP contribution in [0.2, 0.25) is 0 Å². The van der Waals surface area contributed by atoms with E-state index in [4.69, 9.17) is 21.1 Å². The summed E-state index contributed by atoms with van der Waals surface area (Å²) in [6, 6.07) is 12.4.